The second-order valence-electron chi connectivity index (χ2n) is 6.62. The lowest BCUT2D eigenvalue weighted by Gasteiger charge is -2.36. The summed E-state index contributed by atoms with van der Waals surface area (Å²) in [5.74, 6) is 0.783. The molecule has 1 amide bonds. The van der Waals surface area contributed by atoms with Crippen molar-refractivity contribution in [3.63, 3.8) is 0 Å². The summed E-state index contributed by atoms with van der Waals surface area (Å²) in [6, 6.07) is 14.4. The van der Waals surface area contributed by atoms with Gasteiger partial charge in [-0.05, 0) is 42.0 Å². The summed E-state index contributed by atoms with van der Waals surface area (Å²) < 4.78 is 18.2. The van der Waals surface area contributed by atoms with Crippen LogP contribution in [0.15, 0.2) is 48.5 Å². The molecule has 2 aromatic rings. The fourth-order valence-electron chi connectivity index (χ4n) is 3.23. The van der Waals surface area contributed by atoms with Gasteiger partial charge in [-0.15, -0.1) is 0 Å². The lowest BCUT2D eigenvalue weighted by molar-refractivity contribution is -0.131. The number of benzene rings is 2. The van der Waals surface area contributed by atoms with E-state index in [0.717, 1.165) is 30.1 Å². The number of rotatable bonds is 7. The van der Waals surface area contributed by atoms with Gasteiger partial charge in [0.15, 0.2) is 0 Å². The van der Waals surface area contributed by atoms with Crippen molar-refractivity contribution < 1.29 is 13.9 Å². The smallest absolute Gasteiger partial charge is 0.223 e. The van der Waals surface area contributed by atoms with Gasteiger partial charge in [0.05, 0.1) is 7.11 Å². The van der Waals surface area contributed by atoms with E-state index in [2.05, 4.69) is 10.2 Å². The van der Waals surface area contributed by atoms with Crippen LogP contribution in [0.3, 0.4) is 0 Å². The number of piperazine rings is 1. The molecule has 0 bridgehead atoms. The van der Waals surface area contributed by atoms with Gasteiger partial charge >= 0.3 is 0 Å². The molecule has 2 aromatic carbocycles. The molecular weight excluding hydrogens is 345 g/mol. The lowest BCUT2D eigenvalue weighted by atomic mass is 10.2. The summed E-state index contributed by atoms with van der Waals surface area (Å²) in [6.07, 6.45) is 0.487. The summed E-state index contributed by atoms with van der Waals surface area (Å²) in [5.41, 5.74) is 2.14. The maximum atomic E-state index is 13.0. The maximum absolute atomic E-state index is 13.0. The van der Waals surface area contributed by atoms with Crippen molar-refractivity contribution in [1.29, 1.82) is 0 Å². The van der Waals surface area contributed by atoms with Crippen LogP contribution in [0.4, 0.5) is 10.1 Å². The third-order valence-electron chi connectivity index (χ3n) is 4.80. The minimum Gasteiger partial charge on any atom is -0.497 e. The van der Waals surface area contributed by atoms with Gasteiger partial charge < -0.3 is 19.9 Å². The molecule has 6 heteroatoms. The van der Waals surface area contributed by atoms with Crippen molar-refractivity contribution in [2.75, 3.05) is 44.7 Å². The quantitative estimate of drug-likeness (QED) is 0.760. The third-order valence-corrected chi connectivity index (χ3v) is 4.80. The van der Waals surface area contributed by atoms with E-state index in [1.807, 2.05) is 29.2 Å². The Kier molecular flexibility index (Phi) is 6.65. The van der Waals surface area contributed by atoms with E-state index in [4.69, 9.17) is 4.74 Å². The highest BCUT2D eigenvalue weighted by molar-refractivity contribution is 5.76. The average molecular weight is 371 g/mol. The van der Waals surface area contributed by atoms with E-state index in [9.17, 15) is 9.18 Å². The van der Waals surface area contributed by atoms with Crippen molar-refractivity contribution in [1.82, 2.24) is 10.2 Å². The number of nitrogens with zero attached hydrogens (tertiary/aromatic N) is 2. The molecule has 1 aliphatic heterocycles. The number of amides is 1. The Bertz CT molecular complexity index is 743. The van der Waals surface area contributed by atoms with Gasteiger partial charge in [0.2, 0.25) is 5.91 Å². The highest BCUT2D eigenvalue weighted by atomic mass is 19.1. The molecule has 144 valence electrons. The number of hydrogen-bond donors (Lipinski definition) is 1. The summed E-state index contributed by atoms with van der Waals surface area (Å²) in [7, 11) is 1.65. The molecule has 0 spiro atoms. The molecule has 1 fully saturated rings. The molecule has 0 aliphatic carbocycles. The highest BCUT2D eigenvalue weighted by Gasteiger charge is 2.20. The van der Waals surface area contributed by atoms with Gasteiger partial charge in [0, 0.05) is 51.4 Å². The van der Waals surface area contributed by atoms with Crippen LogP contribution in [0, 0.1) is 5.82 Å². The van der Waals surface area contributed by atoms with Crippen molar-refractivity contribution in [2.24, 2.45) is 0 Å². The van der Waals surface area contributed by atoms with Gasteiger partial charge in [-0.2, -0.15) is 0 Å². The number of halogens is 1. The minimum absolute atomic E-state index is 0.173. The van der Waals surface area contributed by atoms with Gasteiger partial charge in [-0.3, -0.25) is 4.79 Å². The number of anilines is 1. The van der Waals surface area contributed by atoms with Crippen molar-refractivity contribution in [3.05, 3.63) is 59.9 Å². The zero-order chi connectivity index (χ0) is 19.1. The van der Waals surface area contributed by atoms with Gasteiger partial charge in [-0.1, -0.05) is 12.1 Å². The standard InChI is InChI=1S/C21H26FN3O2/c1-27-20-4-2-3-17(15-20)16-23-10-9-21(26)25-13-11-24(12-14-25)19-7-5-18(22)6-8-19/h2-8,15,23H,9-14,16H2,1H3. The van der Waals surface area contributed by atoms with Crippen LogP contribution < -0.4 is 15.0 Å². The van der Waals surface area contributed by atoms with Crippen LogP contribution in [0.1, 0.15) is 12.0 Å². The molecule has 1 heterocycles. The monoisotopic (exact) mass is 371 g/mol. The first kappa shape index (κ1) is 19.2. The third kappa shape index (κ3) is 5.44. The maximum Gasteiger partial charge on any atom is 0.223 e. The van der Waals surface area contributed by atoms with Crippen LogP contribution in [0.25, 0.3) is 0 Å². The van der Waals surface area contributed by atoms with E-state index in [1.165, 1.54) is 12.1 Å². The zero-order valence-electron chi connectivity index (χ0n) is 15.7. The Labute approximate surface area is 159 Å². The van der Waals surface area contributed by atoms with Gasteiger partial charge in [0.1, 0.15) is 11.6 Å². The summed E-state index contributed by atoms with van der Waals surface area (Å²) in [4.78, 5) is 16.5. The molecule has 3 rings (SSSR count). The van der Waals surface area contributed by atoms with E-state index >= 15 is 0 Å². The summed E-state index contributed by atoms with van der Waals surface area (Å²) >= 11 is 0. The summed E-state index contributed by atoms with van der Waals surface area (Å²) in [5, 5.41) is 3.31. The van der Waals surface area contributed by atoms with E-state index < -0.39 is 0 Å². The SMILES string of the molecule is COc1cccc(CNCCC(=O)N2CCN(c3ccc(F)cc3)CC2)c1. The number of nitrogens with one attached hydrogen (secondary N) is 1. The van der Waals surface area contributed by atoms with Crippen LogP contribution >= 0.6 is 0 Å². The number of ether oxygens (including phenoxy) is 1. The Morgan fingerprint density at radius 1 is 1.11 bits per heavy atom. The molecule has 0 aromatic heterocycles. The van der Waals surface area contributed by atoms with Crippen molar-refractivity contribution in [2.45, 2.75) is 13.0 Å². The Morgan fingerprint density at radius 3 is 2.56 bits per heavy atom. The van der Waals surface area contributed by atoms with Gasteiger partial charge in [-0.25, -0.2) is 4.39 Å². The second-order valence-corrected chi connectivity index (χ2v) is 6.62. The van der Waals surface area contributed by atoms with Crippen LogP contribution in [-0.4, -0.2) is 50.6 Å². The second kappa shape index (κ2) is 9.37. The molecule has 1 saturated heterocycles. The Morgan fingerprint density at radius 2 is 1.85 bits per heavy atom. The zero-order valence-corrected chi connectivity index (χ0v) is 15.7. The number of hydrogen-bond acceptors (Lipinski definition) is 4. The average Bonchev–Trinajstić information content (AvgIpc) is 2.72. The van der Waals surface area contributed by atoms with Crippen LogP contribution in [0.2, 0.25) is 0 Å². The molecule has 1 aliphatic rings. The predicted molar refractivity (Wildman–Crippen MR) is 105 cm³/mol. The minimum atomic E-state index is -0.228. The molecule has 0 saturated carbocycles. The number of methoxy groups -OCH3 is 1. The molecule has 1 N–H and O–H groups in total. The first-order valence-corrected chi connectivity index (χ1v) is 9.27. The largest absolute Gasteiger partial charge is 0.497 e. The molecular formula is C21H26FN3O2. The molecule has 0 unspecified atom stereocenters. The Hall–Kier alpha value is -2.60. The van der Waals surface area contributed by atoms with Crippen molar-refractivity contribution in [3.8, 4) is 5.75 Å². The van der Waals surface area contributed by atoms with E-state index in [-0.39, 0.29) is 11.7 Å². The lowest BCUT2D eigenvalue weighted by Crippen LogP contribution is -2.49. The summed E-state index contributed by atoms with van der Waals surface area (Å²) in [6.45, 7) is 4.30. The first-order valence-electron chi connectivity index (χ1n) is 9.27. The molecule has 0 atom stereocenters. The topological polar surface area (TPSA) is 44.8 Å². The van der Waals surface area contributed by atoms with Gasteiger partial charge in [0.25, 0.3) is 0 Å². The highest BCUT2D eigenvalue weighted by Crippen LogP contribution is 2.17. The van der Waals surface area contributed by atoms with E-state index in [1.54, 1.807) is 19.2 Å². The number of carbonyl (C=O) groups excluding carboxylic acids is 1. The fraction of sp³-hybridized carbons (Fsp3) is 0.381. The van der Waals surface area contributed by atoms with Crippen LogP contribution in [-0.2, 0) is 11.3 Å². The molecule has 0 radical (unpaired) electrons. The first-order chi connectivity index (χ1) is 13.2. The predicted octanol–water partition coefficient (Wildman–Crippen LogP) is 2.66. The van der Waals surface area contributed by atoms with Crippen LogP contribution in [0.5, 0.6) is 5.75 Å². The normalized spacial score (nSPS) is 14.3. The van der Waals surface area contributed by atoms with E-state index in [0.29, 0.717) is 32.6 Å². The molecule has 27 heavy (non-hydrogen) atoms. The number of carbonyl (C=O) groups is 1. The van der Waals surface area contributed by atoms with Crippen molar-refractivity contribution >= 4 is 11.6 Å². The fourth-order valence-corrected chi connectivity index (χ4v) is 3.23. The molecule has 5 nitrogen and oxygen atoms in total. The Balaban J connectivity index is 1.37.